The number of rotatable bonds is 2. The van der Waals surface area contributed by atoms with E-state index in [9.17, 15) is 4.79 Å². The zero-order chi connectivity index (χ0) is 13.5. The highest BCUT2D eigenvalue weighted by atomic mass is 16.5. The van der Waals surface area contributed by atoms with Crippen molar-refractivity contribution >= 4 is 5.97 Å². The number of carbonyl (C=O) groups excluding carboxylic acids is 1. The van der Waals surface area contributed by atoms with Crippen LogP contribution in [0, 0.1) is 0 Å². The minimum atomic E-state index is -0.340. The van der Waals surface area contributed by atoms with Gasteiger partial charge < -0.3 is 4.74 Å². The van der Waals surface area contributed by atoms with E-state index >= 15 is 0 Å². The lowest BCUT2D eigenvalue weighted by molar-refractivity contribution is -0.141. The number of esters is 1. The first-order valence-corrected chi connectivity index (χ1v) is 6.89. The molecule has 100 valence electrons. The van der Waals surface area contributed by atoms with Crippen LogP contribution in [0.25, 0.3) is 0 Å². The molecule has 2 rings (SSSR count). The molecule has 0 aromatic carbocycles. The quantitative estimate of drug-likeness (QED) is 0.551. The van der Waals surface area contributed by atoms with Crippen molar-refractivity contribution in [1.29, 1.82) is 0 Å². The third kappa shape index (κ3) is 3.82. The number of hydrogen-bond acceptors (Lipinski definition) is 2. The molecule has 2 heteroatoms. The fraction of sp³-hybridized carbons (Fsp3) is 0.353. The monoisotopic (exact) mass is 256 g/mol. The average Bonchev–Trinajstić information content (AvgIpc) is 2.37. The van der Waals surface area contributed by atoms with E-state index in [4.69, 9.17) is 4.74 Å². The van der Waals surface area contributed by atoms with Crippen LogP contribution in [0.2, 0.25) is 0 Å². The first kappa shape index (κ1) is 13.6. The van der Waals surface area contributed by atoms with Crippen LogP contribution in [0.1, 0.15) is 32.1 Å². The van der Waals surface area contributed by atoms with Crippen LogP contribution in [0.3, 0.4) is 0 Å². The van der Waals surface area contributed by atoms with Gasteiger partial charge in [-0.2, -0.15) is 0 Å². The van der Waals surface area contributed by atoms with Gasteiger partial charge in [-0.05, 0) is 36.8 Å². The number of fused-ring (bicyclic) bond motifs is 1. The van der Waals surface area contributed by atoms with E-state index in [1.54, 1.807) is 0 Å². The number of allylic oxidation sites excluding steroid dienone is 6. The molecule has 0 radical (unpaired) electrons. The summed E-state index contributed by atoms with van der Waals surface area (Å²) in [7, 11) is 0. The van der Waals surface area contributed by atoms with E-state index in [-0.39, 0.29) is 12.1 Å². The second-order valence-electron chi connectivity index (χ2n) is 4.81. The Morgan fingerprint density at radius 2 is 1.95 bits per heavy atom. The Morgan fingerprint density at radius 3 is 2.74 bits per heavy atom. The van der Waals surface area contributed by atoms with E-state index in [2.05, 4.69) is 18.7 Å². The maximum atomic E-state index is 11.5. The predicted molar refractivity (Wildman–Crippen MR) is 77.6 cm³/mol. The largest absolute Gasteiger partial charge is 0.454 e. The molecule has 2 aliphatic rings. The summed E-state index contributed by atoms with van der Waals surface area (Å²) in [5.41, 5.74) is 2.41. The van der Waals surface area contributed by atoms with Gasteiger partial charge in [0.1, 0.15) is 6.10 Å². The lowest BCUT2D eigenvalue weighted by Gasteiger charge is -2.25. The Hall–Kier alpha value is -1.83. The first-order valence-electron chi connectivity index (χ1n) is 6.89. The molecule has 0 amide bonds. The highest BCUT2D eigenvalue weighted by Gasteiger charge is 2.22. The summed E-state index contributed by atoms with van der Waals surface area (Å²) in [4.78, 5) is 11.5. The van der Waals surface area contributed by atoms with Crippen LogP contribution in [-0.2, 0) is 9.53 Å². The number of hydrogen-bond donors (Lipinski definition) is 0. The van der Waals surface area contributed by atoms with Crippen LogP contribution in [-0.4, -0.2) is 12.1 Å². The molecule has 1 fully saturated rings. The molecule has 1 atom stereocenters. The Kier molecular flexibility index (Phi) is 4.96. The fourth-order valence-electron chi connectivity index (χ4n) is 2.49. The lowest BCUT2D eigenvalue weighted by atomic mass is 9.88. The zero-order valence-electron chi connectivity index (χ0n) is 11.2. The molecule has 2 aliphatic carbocycles. The minimum absolute atomic E-state index is 0.145. The first-order chi connectivity index (χ1) is 9.31. The minimum Gasteiger partial charge on any atom is -0.454 e. The zero-order valence-corrected chi connectivity index (χ0v) is 11.2. The summed E-state index contributed by atoms with van der Waals surface area (Å²) < 4.78 is 5.52. The molecule has 1 unspecified atom stereocenters. The van der Waals surface area contributed by atoms with E-state index in [0.29, 0.717) is 0 Å². The van der Waals surface area contributed by atoms with Gasteiger partial charge in [-0.3, -0.25) is 0 Å². The van der Waals surface area contributed by atoms with Crippen molar-refractivity contribution in [3.63, 3.8) is 0 Å². The third-order valence-electron chi connectivity index (χ3n) is 3.46. The van der Waals surface area contributed by atoms with Crippen molar-refractivity contribution in [3.8, 4) is 0 Å². The van der Waals surface area contributed by atoms with Gasteiger partial charge in [0.05, 0.1) is 0 Å². The van der Waals surface area contributed by atoms with Crippen molar-refractivity contribution in [2.75, 3.05) is 0 Å². The molecule has 0 aliphatic heterocycles. The second kappa shape index (κ2) is 6.93. The van der Waals surface area contributed by atoms with Crippen molar-refractivity contribution in [3.05, 3.63) is 60.3 Å². The highest BCUT2D eigenvalue weighted by molar-refractivity contribution is 5.81. The number of carbonyl (C=O) groups is 1. The van der Waals surface area contributed by atoms with Crippen molar-refractivity contribution in [1.82, 2.24) is 0 Å². The van der Waals surface area contributed by atoms with Gasteiger partial charge in [-0.25, -0.2) is 4.79 Å². The highest BCUT2D eigenvalue weighted by Crippen LogP contribution is 2.30. The maximum Gasteiger partial charge on any atom is 0.330 e. The summed E-state index contributed by atoms with van der Waals surface area (Å²) in [5, 5.41) is 0. The fourth-order valence-corrected chi connectivity index (χ4v) is 2.49. The lowest BCUT2D eigenvalue weighted by Crippen LogP contribution is -2.22. The molecule has 1 saturated carbocycles. The Morgan fingerprint density at radius 1 is 1.16 bits per heavy atom. The molecular weight excluding hydrogens is 236 g/mol. The molecule has 19 heavy (non-hydrogen) atoms. The summed E-state index contributed by atoms with van der Waals surface area (Å²) in [6.07, 6.45) is 18.8. The molecule has 0 spiro atoms. The average molecular weight is 256 g/mol. The third-order valence-corrected chi connectivity index (χ3v) is 3.46. The van der Waals surface area contributed by atoms with Crippen molar-refractivity contribution in [2.45, 2.75) is 38.2 Å². The maximum absolute atomic E-state index is 11.5. The van der Waals surface area contributed by atoms with E-state index in [1.807, 2.05) is 24.3 Å². The van der Waals surface area contributed by atoms with Crippen LogP contribution < -0.4 is 0 Å². The van der Waals surface area contributed by atoms with Gasteiger partial charge in [0.15, 0.2) is 0 Å². The van der Waals surface area contributed by atoms with Gasteiger partial charge in [0.25, 0.3) is 0 Å². The van der Waals surface area contributed by atoms with Gasteiger partial charge >= 0.3 is 5.97 Å². The molecule has 0 bridgehead atoms. The van der Waals surface area contributed by atoms with Crippen LogP contribution >= 0.6 is 0 Å². The molecule has 0 heterocycles. The molecule has 0 aromatic heterocycles. The smallest absolute Gasteiger partial charge is 0.330 e. The van der Waals surface area contributed by atoms with E-state index in [1.165, 1.54) is 24.5 Å². The molecular formula is C17H20O2. The van der Waals surface area contributed by atoms with Crippen LogP contribution in [0.4, 0.5) is 0 Å². The number of ether oxygens (including phenoxy) is 1. The van der Waals surface area contributed by atoms with E-state index < -0.39 is 0 Å². The summed E-state index contributed by atoms with van der Waals surface area (Å²) in [5.74, 6) is -0.340. The summed E-state index contributed by atoms with van der Waals surface area (Å²) in [6.45, 7) is 3.47. The summed E-state index contributed by atoms with van der Waals surface area (Å²) in [6, 6.07) is 0. The van der Waals surface area contributed by atoms with E-state index in [0.717, 1.165) is 24.8 Å². The molecule has 2 nitrogen and oxygen atoms in total. The standard InChI is InChI=1S/C17H20O2/c1-2-17(18)19-16-13-9-5-7-11-14-10-6-3-4-8-12-15(14)16/h2-4,6,8,10,12,16H,1,5,7,9,11,13H2/b4-3?,6-3-,8-4-,10-6?,12-8?,14-10-,15-12+,15-14?. The van der Waals surface area contributed by atoms with Crippen LogP contribution in [0.5, 0.6) is 0 Å². The Balaban J connectivity index is 2.27. The molecule has 0 N–H and O–H groups in total. The Bertz CT molecular complexity index is 464. The van der Waals surface area contributed by atoms with Crippen molar-refractivity contribution in [2.24, 2.45) is 0 Å². The summed E-state index contributed by atoms with van der Waals surface area (Å²) >= 11 is 0. The van der Waals surface area contributed by atoms with Gasteiger partial charge in [-0.1, -0.05) is 49.5 Å². The Labute approximate surface area is 114 Å². The van der Waals surface area contributed by atoms with Gasteiger partial charge in [0.2, 0.25) is 0 Å². The predicted octanol–water partition coefficient (Wildman–Crippen LogP) is 4.03. The topological polar surface area (TPSA) is 26.3 Å². The van der Waals surface area contributed by atoms with Gasteiger partial charge in [0, 0.05) is 6.08 Å². The van der Waals surface area contributed by atoms with Crippen molar-refractivity contribution < 1.29 is 9.53 Å². The second-order valence-corrected chi connectivity index (χ2v) is 4.81. The SMILES string of the molecule is C=CC(=O)OC1CCCCCC2=C/C=C\C=C/C=C\21. The van der Waals surface area contributed by atoms with Gasteiger partial charge in [-0.15, -0.1) is 0 Å². The normalized spacial score (nSPS) is 31.7. The van der Waals surface area contributed by atoms with Crippen LogP contribution in [0.15, 0.2) is 60.3 Å². The molecule has 0 saturated heterocycles. The molecule has 0 aromatic rings.